The van der Waals surface area contributed by atoms with Gasteiger partial charge in [-0.2, -0.15) is 0 Å². The van der Waals surface area contributed by atoms with Crippen molar-refractivity contribution in [1.29, 1.82) is 0 Å². The van der Waals surface area contributed by atoms with Crippen molar-refractivity contribution in [2.45, 2.75) is 77.7 Å². The number of carbonyl (C=O) groups is 1. The zero-order valence-corrected chi connectivity index (χ0v) is 21.3. The Balaban J connectivity index is 3.90. The maximum absolute atomic E-state index is 11.7. The SMILES string of the molecule is CC/C=C\C/C=C\C/C=C\CCCCCCOCC(COP(=O)(O)OCCN)OC(=O)CC. The van der Waals surface area contributed by atoms with E-state index in [1.54, 1.807) is 6.92 Å². The molecule has 33 heavy (non-hydrogen) atoms. The van der Waals surface area contributed by atoms with Crippen LogP contribution in [0.1, 0.15) is 71.6 Å². The van der Waals surface area contributed by atoms with E-state index in [4.69, 9.17) is 19.7 Å². The Bertz CT molecular complexity index is 608. The van der Waals surface area contributed by atoms with E-state index >= 15 is 0 Å². The molecule has 0 fully saturated rings. The lowest BCUT2D eigenvalue weighted by molar-refractivity contribution is -0.154. The summed E-state index contributed by atoms with van der Waals surface area (Å²) in [4.78, 5) is 21.1. The van der Waals surface area contributed by atoms with E-state index in [9.17, 15) is 14.3 Å². The first kappa shape index (κ1) is 31.7. The van der Waals surface area contributed by atoms with Crippen LogP contribution in [0.4, 0.5) is 0 Å². The smallest absolute Gasteiger partial charge is 0.457 e. The van der Waals surface area contributed by atoms with E-state index in [2.05, 4.69) is 47.9 Å². The van der Waals surface area contributed by atoms with Gasteiger partial charge in [-0.3, -0.25) is 13.8 Å². The molecule has 0 aliphatic carbocycles. The van der Waals surface area contributed by atoms with Crippen molar-refractivity contribution >= 4 is 13.8 Å². The number of carbonyl (C=O) groups excluding carboxylic acids is 1. The Morgan fingerprint density at radius 1 is 0.909 bits per heavy atom. The van der Waals surface area contributed by atoms with E-state index in [-0.39, 0.29) is 32.8 Å². The van der Waals surface area contributed by atoms with Crippen LogP contribution in [0, 0.1) is 0 Å². The number of unbranched alkanes of at least 4 members (excludes halogenated alkanes) is 4. The second-order valence-corrected chi connectivity index (χ2v) is 8.88. The Morgan fingerprint density at radius 3 is 2.24 bits per heavy atom. The molecule has 8 nitrogen and oxygen atoms in total. The summed E-state index contributed by atoms with van der Waals surface area (Å²) >= 11 is 0. The molecule has 2 atom stereocenters. The van der Waals surface area contributed by atoms with Crippen molar-refractivity contribution < 1.29 is 32.8 Å². The van der Waals surface area contributed by atoms with E-state index in [1.165, 1.54) is 0 Å². The lowest BCUT2D eigenvalue weighted by Crippen LogP contribution is -2.28. The third-order valence-electron chi connectivity index (χ3n) is 4.38. The fraction of sp³-hybridized carbons (Fsp3) is 0.708. The Morgan fingerprint density at radius 2 is 1.58 bits per heavy atom. The number of hydrogen-bond donors (Lipinski definition) is 2. The quantitative estimate of drug-likeness (QED) is 0.0919. The number of phosphoric ester groups is 1. The molecule has 0 aliphatic rings. The topological polar surface area (TPSA) is 117 Å². The molecule has 0 amide bonds. The van der Waals surface area contributed by atoms with Crippen molar-refractivity contribution in [1.82, 2.24) is 0 Å². The van der Waals surface area contributed by atoms with E-state index in [0.717, 1.165) is 51.4 Å². The van der Waals surface area contributed by atoms with Crippen LogP contribution in [0.25, 0.3) is 0 Å². The third kappa shape index (κ3) is 22.3. The van der Waals surface area contributed by atoms with Crippen LogP contribution in [-0.4, -0.2) is 49.9 Å². The van der Waals surface area contributed by atoms with Gasteiger partial charge < -0.3 is 20.1 Å². The van der Waals surface area contributed by atoms with Gasteiger partial charge in [0.2, 0.25) is 0 Å². The Kier molecular flexibility index (Phi) is 21.6. The summed E-state index contributed by atoms with van der Waals surface area (Å²) in [5.41, 5.74) is 5.24. The predicted molar refractivity (Wildman–Crippen MR) is 132 cm³/mol. The molecule has 2 unspecified atom stereocenters. The lowest BCUT2D eigenvalue weighted by Gasteiger charge is -2.19. The summed E-state index contributed by atoms with van der Waals surface area (Å²) in [6, 6.07) is 0. The van der Waals surface area contributed by atoms with Gasteiger partial charge in [-0.05, 0) is 38.5 Å². The van der Waals surface area contributed by atoms with Crippen molar-refractivity contribution in [3.8, 4) is 0 Å². The highest BCUT2D eigenvalue weighted by atomic mass is 31.2. The zero-order valence-electron chi connectivity index (χ0n) is 20.4. The molecule has 0 bridgehead atoms. The monoisotopic (exact) mass is 489 g/mol. The number of phosphoric acid groups is 1. The maximum Gasteiger partial charge on any atom is 0.472 e. The van der Waals surface area contributed by atoms with Crippen LogP contribution >= 0.6 is 7.82 Å². The number of nitrogens with two attached hydrogens (primary N) is 1. The highest BCUT2D eigenvalue weighted by molar-refractivity contribution is 7.47. The van der Waals surface area contributed by atoms with Crippen LogP contribution in [0.5, 0.6) is 0 Å². The number of allylic oxidation sites excluding steroid dienone is 6. The van der Waals surface area contributed by atoms with Crippen molar-refractivity contribution in [3.05, 3.63) is 36.5 Å². The third-order valence-corrected chi connectivity index (χ3v) is 5.36. The van der Waals surface area contributed by atoms with Crippen LogP contribution in [0.3, 0.4) is 0 Å². The first-order valence-corrected chi connectivity index (χ1v) is 13.5. The van der Waals surface area contributed by atoms with Crippen LogP contribution in [-0.2, 0) is 27.9 Å². The molecule has 0 saturated carbocycles. The minimum Gasteiger partial charge on any atom is -0.457 e. The molecule has 0 spiro atoms. The van der Waals surface area contributed by atoms with Gasteiger partial charge in [-0.25, -0.2) is 4.57 Å². The number of hydrogen-bond acceptors (Lipinski definition) is 7. The molecule has 0 radical (unpaired) electrons. The first-order chi connectivity index (χ1) is 15.9. The average Bonchev–Trinajstić information content (AvgIpc) is 2.80. The second kappa shape index (κ2) is 22.5. The van der Waals surface area contributed by atoms with Gasteiger partial charge in [-0.15, -0.1) is 0 Å². The van der Waals surface area contributed by atoms with E-state index in [0.29, 0.717) is 6.61 Å². The molecule has 0 aromatic heterocycles. The molecular formula is C24H44NO7P. The minimum atomic E-state index is -4.23. The molecule has 0 aliphatic heterocycles. The Hall–Kier alpha value is -1.28. The molecule has 0 saturated heterocycles. The van der Waals surface area contributed by atoms with Gasteiger partial charge in [0.25, 0.3) is 0 Å². The molecular weight excluding hydrogens is 445 g/mol. The van der Waals surface area contributed by atoms with Gasteiger partial charge >= 0.3 is 13.8 Å². The fourth-order valence-electron chi connectivity index (χ4n) is 2.63. The normalized spacial score (nSPS) is 14.9. The Labute approximate surface area is 199 Å². The summed E-state index contributed by atoms with van der Waals surface area (Å²) in [5.74, 6) is -0.431. The highest BCUT2D eigenvalue weighted by Crippen LogP contribution is 2.43. The first-order valence-electron chi connectivity index (χ1n) is 12.0. The highest BCUT2D eigenvalue weighted by Gasteiger charge is 2.24. The van der Waals surface area contributed by atoms with E-state index in [1.807, 2.05) is 0 Å². The summed E-state index contributed by atoms with van der Waals surface area (Å²) in [6.45, 7) is 4.11. The van der Waals surface area contributed by atoms with Crippen LogP contribution < -0.4 is 5.73 Å². The van der Waals surface area contributed by atoms with Gasteiger partial charge in [0.15, 0.2) is 0 Å². The summed E-state index contributed by atoms with van der Waals surface area (Å²) < 4.78 is 32.1. The van der Waals surface area contributed by atoms with Gasteiger partial charge in [0.05, 0.1) is 19.8 Å². The van der Waals surface area contributed by atoms with Crippen molar-refractivity contribution in [3.63, 3.8) is 0 Å². The fourth-order valence-corrected chi connectivity index (χ4v) is 3.39. The molecule has 192 valence electrons. The molecule has 0 aromatic rings. The predicted octanol–water partition coefficient (Wildman–Crippen LogP) is 5.23. The van der Waals surface area contributed by atoms with Gasteiger partial charge in [0.1, 0.15) is 6.10 Å². The number of esters is 1. The van der Waals surface area contributed by atoms with Gasteiger partial charge in [0, 0.05) is 19.6 Å². The van der Waals surface area contributed by atoms with Crippen LogP contribution in [0.2, 0.25) is 0 Å². The zero-order chi connectivity index (χ0) is 24.6. The van der Waals surface area contributed by atoms with Gasteiger partial charge in [-0.1, -0.05) is 63.1 Å². The van der Waals surface area contributed by atoms with E-state index < -0.39 is 19.9 Å². The lowest BCUT2D eigenvalue weighted by atomic mass is 10.1. The molecule has 9 heteroatoms. The largest absolute Gasteiger partial charge is 0.472 e. The standard InChI is InChI=1S/C24H44NO7P/c1-3-5-6-7-8-9-10-11-12-13-14-15-16-17-19-29-21-23(32-24(26)4-2)22-31-33(27,28)30-20-18-25/h5-6,8-9,11-12,23H,3-4,7,10,13-22,25H2,1-2H3,(H,27,28)/b6-5-,9-8-,12-11-. The average molecular weight is 490 g/mol. The summed E-state index contributed by atoms with van der Waals surface area (Å²) in [7, 11) is -4.23. The maximum atomic E-state index is 11.7. The summed E-state index contributed by atoms with van der Waals surface area (Å²) in [6.07, 6.45) is 20.9. The molecule has 0 aromatic carbocycles. The minimum absolute atomic E-state index is 0.0904. The van der Waals surface area contributed by atoms with Crippen molar-refractivity contribution in [2.24, 2.45) is 5.73 Å². The van der Waals surface area contributed by atoms with Crippen molar-refractivity contribution in [2.75, 3.05) is 33.0 Å². The molecule has 0 rings (SSSR count). The molecule has 0 heterocycles. The van der Waals surface area contributed by atoms with Crippen LogP contribution in [0.15, 0.2) is 36.5 Å². The summed E-state index contributed by atoms with van der Waals surface area (Å²) in [5, 5.41) is 0. The molecule has 3 N–H and O–H groups in total. The number of rotatable bonds is 22. The second-order valence-electron chi connectivity index (χ2n) is 7.42. The number of ether oxygens (including phenoxy) is 2.